The first-order valence-corrected chi connectivity index (χ1v) is 10.0. The fourth-order valence-corrected chi connectivity index (χ4v) is 4.16. The summed E-state index contributed by atoms with van der Waals surface area (Å²) in [4.78, 5) is 27.1. The Morgan fingerprint density at radius 3 is 2.78 bits per heavy atom. The smallest absolute Gasteiger partial charge is 0.237 e. The molecule has 27 heavy (non-hydrogen) atoms. The molecule has 2 aliphatic rings. The second kappa shape index (κ2) is 9.22. The molecule has 3 rings (SSSR count). The fraction of sp³-hybridized carbons (Fsp3) is 0.619. The van der Waals surface area contributed by atoms with Gasteiger partial charge < -0.3 is 15.4 Å². The number of piperazine rings is 1. The number of rotatable bonds is 6. The van der Waals surface area contributed by atoms with Crippen LogP contribution in [0.3, 0.4) is 0 Å². The standard InChI is InChI=1S/C21H31N3O3/c1-15-12-16(8-9-19(15)27-2)14-24-11-10-22-21(26)18(24)13-20(25)23-17-6-4-3-5-7-17/h8-9,12,17-18H,3-7,10-11,13-14H2,1-2H3,(H,22,26)(H,23,25)/t18-/m1/s1. The molecule has 2 fully saturated rings. The van der Waals surface area contributed by atoms with Gasteiger partial charge in [0.1, 0.15) is 5.75 Å². The maximum atomic E-state index is 12.5. The van der Waals surface area contributed by atoms with E-state index in [2.05, 4.69) is 21.6 Å². The molecule has 0 radical (unpaired) electrons. The van der Waals surface area contributed by atoms with E-state index >= 15 is 0 Å². The molecular formula is C21H31N3O3. The van der Waals surface area contributed by atoms with Gasteiger partial charge in [-0.05, 0) is 37.0 Å². The summed E-state index contributed by atoms with van der Waals surface area (Å²) in [5, 5.41) is 6.04. The van der Waals surface area contributed by atoms with E-state index in [1.165, 1.54) is 19.3 Å². The van der Waals surface area contributed by atoms with Crippen LogP contribution in [0.4, 0.5) is 0 Å². The number of carbonyl (C=O) groups excluding carboxylic acids is 2. The molecule has 0 bridgehead atoms. The average molecular weight is 373 g/mol. The van der Waals surface area contributed by atoms with E-state index in [4.69, 9.17) is 4.74 Å². The Hall–Kier alpha value is -2.08. The lowest BCUT2D eigenvalue weighted by Gasteiger charge is -2.35. The van der Waals surface area contributed by atoms with E-state index in [-0.39, 0.29) is 24.3 Å². The molecule has 1 aromatic rings. The van der Waals surface area contributed by atoms with Gasteiger partial charge in [0, 0.05) is 25.7 Å². The molecule has 1 aromatic carbocycles. The third kappa shape index (κ3) is 5.22. The first-order chi connectivity index (χ1) is 13.1. The van der Waals surface area contributed by atoms with E-state index in [0.29, 0.717) is 13.1 Å². The van der Waals surface area contributed by atoms with E-state index in [9.17, 15) is 9.59 Å². The minimum absolute atomic E-state index is 0.0140. The van der Waals surface area contributed by atoms with Crippen molar-refractivity contribution < 1.29 is 14.3 Å². The average Bonchev–Trinajstić information content (AvgIpc) is 2.65. The lowest BCUT2D eigenvalue weighted by atomic mass is 9.95. The summed E-state index contributed by atoms with van der Waals surface area (Å²) in [5.74, 6) is 0.795. The maximum absolute atomic E-state index is 12.5. The predicted octanol–water partition coefficient (Wildman–Crippen LogP) is 2.14. The van der Waals surface area contributed by atoms with Gasteiger partial charge in [0.15, 0.2) is 0 Å². The summed E-state index contributed by atoms with van der Waals surface area (Å²) >= 11 is 0. The minimum Gasteiger partial charge on any atom is -0.496 e. The summed E-state index contributed by atoms with van der Waals surface area (Å²) in [6.07, 6.45) is 5.94. The number of carbonyl (C=O) groups is 2. The molecule has 2 N–H and O–H groups in total. The van der Waals surface area contributed by atoms with Gasteiger partial charge in [0.05, 0.1) is 19.6 Å². The van der Waals surface area contributed by atoms with Crippen LogP contribution in [-0.4, -0.2) is 49.0 Å². The zero-order chi connectivity index (χ0) is 19.2. The lowest BCUT2D eigenvalue weighted by molar-refractivity contribution is -0.134. The molecule has 1 aliphatic heterocycles. The monoisotopic (exact) mass is 373 g/mol. The highest BCUT2D eigenvalue weighted by atomic mass is 16.5. The Morgan fingerprint density at radius 1 is 1.30 bits per heavy atom. The van der Waals surface area contributed by atoms with Gasteiger partial charge in [-0.3, -0.25) is 14.5 Å². The molecule has 1 atom stereocenters. The SMILES string of the molecule is COc1ccc(CN2CCNC(=O)[C@H]2CC(=O)NC2CCCCC2)cc1C. The van der Waals surface area contributed by atoms with Crippen LogP contribution in [0.5, 0.6) is 5.75 Å². The van der Waals surface area contributed by atoms with Crippen LogP contribution in [0.15, 0.2) is 18.2 Å². The first-order valence-electron chi connectivity index (χ1n) is 10.0. The highest BCUT2D eigenvalue weighted by molar-refractivity contribution is 5.88. The number of nitrogens with one attached hydrogen (secondary N) is 2. The normalized spacial score (nSPS) is 21.6. The number of hydrogen-bond acceptors (Lipinski definition) is 4. The molecule has 1 saturated heterocycles. The molecule has 0 spiro atoms. The zero-order valence-electron chi connectivity index (χ0n) is 16.4. The highest BCUT2D eigenvalue weighted by Crippen LogP contribution is 2.22. The van der Waals surface area contributed by atoms with Crippen LogP contribution < -0.4 is 15.4 Å². The molecule has 1 heterocycles. The minimum atomic E-state index is -0.412. The molecule has 1 saturated carbocycles. The Kier molecular flexibility index (Phi) is 6.72. The molecular weight excluding hydrogens is 342 g/mol. The van der Waals surface area contributed by atoms with Crippen molar-refractivity contribution in [3.8, 4) is 5.75 Å². The number of amides is 2. The zero-order valence-corrected chi connectivity index (χ0v) is 16.4. The maximum Gasteiger partial charge on any atom is 0.237 e. The Bertz CT molecular complexity index is 671. The lowest BCUT2D eigenvalue weighted by Crippen LogP contribution is -2.56. The second-order valence-electron chi connectivity index (χ2n) is 7.69. The number of hydrogen-bond donors (Lipinski definition) is 2. The summed E-state index contributed by atoms with van der Waals surface area (Å²) in [6.45, 7) is 4.03. The van der Waals surface area contributed by atoms with Crippen LogP contribution >= 0.6 is 0 Å². The Morgan fingerprint density at radius 2 is 2.07 bits per heavy atom. The quantitative estimate of drug-likeness (QED) is 0.802. The van der Waals surface area contributed by atoms with Crippen LogP contribution in [0.25, 0.3) is 0 Å². The van der Waals surface area contributed by atoms with Crippen LogP contribution in [0, 0.1) is 6.92 Å². The fourth-order valence-electron chi connectivity index (χ4n) is 4.16. The third-order valence-corrected chi connectivity index (χ3v) is 5.64. The number of benzene rings is 1. The van der Waals surface area contributed by atoms with E-state index < -0.39 is 6.04 Å². The van der Waals surface area contributed by atoms with Gasteiger partial charge in [-0.1, -0.05) is 31.4 Å². The van der Waals surface area contributed by atoms with Crippen LogP contribution in [0.2, 0.25) is 0 Å². The van der Waals surface area contributed by atoms with E-state index in [1.807, 2.05) is 19.1 Å². The van der Waals surface area contributed by atoms with Crippen LogP contribution in [0.1, 0.15) is 49.7 Å². The second-order valence-corrected chi connectivity index (χ2v) is 7.69. The van der Waals surface area contributed by atoms with Gasteiger partial charge in [0.25, 0.3) is 0 Å². The molecule has 1 aliphatic carbocycles. The largest absolute Gasteiger partial charge is 0.496 e. The third-order valence-electron chi connectivity index (χ3n) is 5.64. The predicted molar refractivity (Wildman–Crippen MR) is 105 cm³/mol. The van der Waals surface area contributed by atoms with Gasteiger partial charge in [-0.2, -0.15) is 0 Å². The number of methoxy groups -OCH3 is 1. The van der Waals surface area contributed by atoms with Crippen molar-refractivity contribution in [2.75, 3.05) is 20.2 Å². The van der Waals surface area contributed by atoms with Gasteiger partial charge in [-0.15, -0.1) is 0 Å². The van der Waals surface area contributed by atoms with Crippen molar-refractivity contribution in [2.24, 2.45) is 0 Å². The van der Waals surface area contributed by atoms with E-state index in [0.717, 1.165) is 36.3 Å². The van der Waals surface area contributed by atoms with Crippen molar-refractivity contribution in [3.63, 3.8) is 0 Å². The van der Waals surface area contributed by atoms with Crippen molar-refractivity contribution in [2.45, 2.75) is 64.1 Å². The summed E-state index contributed by atoms with van der Waals surface area (Å²) in [7, 11) is 1.66. The van der Waals surface area contributed by atoms with Gasteiger partial charge in [0.2, 0.25) is 11.8 Å². The summed E-state index contributed by atoms with van der Waals surface area (Å²) in [5.41, 5.74) is 2.20. The summed E-state index contributed by atoms with van der Waals surface area (Å²) in [6, 6.07) is 5.93. The first kappa shape index (κ1) is 19.7. The molecule has 0 unspecified atom stereocenters. The Balaban J connectivity index is 1.63. The van der Waals surface area contributed by atoms with Gasteiger partial charge >= 0.3 is 0 Å². The van der Waals surface area contributed by atoms with Crippen molar-refractivity contribution >= 4 is 11.8 Å². The number of nitrogens with zero attached hydrogens (tertiary/aromatic N) is 1. The van der Waals surface area contributed by atoms with Crippen molar-refractivity contribution in [3.05, 3.63) is 29.3 Å². The molecule has 6 heteroatoms. The summed E-state index contributed by atoms with van der Waals surface area (Å²) < 4.78 is 5.32. The molecule has 0 aromatic heterocycles. The topological polar surface area (TPSA) is 70.7 Å². The number of ether oxygens (including phenoxy) is 1. The van der Waals surface area contributed by atoms with E-state index in [1.54, 1.807) is 7.11 Å². The molecule has 6 nitrogen and oxygen atoms in total. The molecule has 2 amide bonds. The van der Waals surface area contributed by atoms with Crippen molar-refractivity contribution in [1.29, 1.82) is 0 Å². The van der Waals surface area contributed by atoms with Gasteiger partial charge in [-0.25, -0.2) is 0 Å². The Labute approximate surface area is 161 Å². The number of aryl methyl sites for hydroxylation is 1. The van der Waals surface area contributed by atoms with Crippen molar-refractivity contribution in [1.82, 2.24) is 15.5 Å². The van der Waals surface area contributed by atoms with Crippen LogP contribution in [-0.2, 0) is 16.1 Å². The molecule has 148 valence electrons. The highest BCUT2D eigenvalue weighted by Gasteiger charge is 2.32.